The molecule has 1 unspecified atom stereocenters. The molecule has 4 nitrogen and oxygen atoms in total. The molecule has 0 N–H and O–H groups in total. The standard InChI is InChI=1S/C29H27F5N2O2/c1-27(31,29(32,33)34)21-7-10-23-19(15-21)5-11-24-28(23,16-18-3-8-22(30)9-4-18)13-14-36(24)26(38)20-6-12-25(37)35(2)17-20/h3-4,6-10,12,15,17,24H,5,11,13-14,16H2,1-2H3/t24-,27?,28-/m1/s1. The zero-order valence-corrected chi connectivity index (χ0v) is 21.0. The van der Waals surface area contributed by atoms with Gasteiger partial charge in [-0.25, -0.2) is 8.78 Å². The van der Waals surface area contributed by atoms with Crippen LogP contribution in [-0.4, -0.2) is 34.1 Å². The van der Waals surface area contributed by atoms with Crippen LogP contribution in [0.25, 0.3) is 0 Å². The molecule has 2 aromatic carbocycles. The topological polar surface area (TPSA) is 42.3 Å². The summed E-state index contributed by atoms with van der Waals surface area (Å²) in [5.41, 5.74) is -2.22. The smallest absolute Gasteiger partial charge is 0.335 e. The number of benzene rings is 2. The van der Waals surface area contributed by atoms with Gasteiger partial charge < -0.3 is 9.47 Å². The van der Waals surface area contributed by atoms with E-state index >= 15 is 0 Å². The number of likely N-dealkylation sites (tertiary alicyclic amines) is 1. The van der Waals surface area contributed by atoms with Crippen molar-refractivity contribution in [1.29, 1.82) is 0 Å². The van der Waals surface area contributed by atoms with Gasteiger partial charge in [0.25, 0.3) is 5.91 Å². The van der Waals surface area contributed by atoms with E-state index in [1.807, 2.05) is 0 Å². The summed E-state index contributed by atoms with van der Waals surface area (Å²) in [6, 6.07) is 12.7. The van der Waals surface area contributed by atoms with Gasteiger partial charge in [-0.3, -0.25) is 9.59 Å². The molecule has 38 heavy (non-hydrogen) atoms. The quantitative estimate of drug-likeness (QED) is 0.412. The van der Waals surface area contributed by atoms with Crippen molar-refractivity contribution >= 4 is 5.91 Å². The number of carbonyl (C=O) groups excluding carboxylic acids is 1. The van der Waals surface area contributed by atoms with E-state index in [2.05, 4.69) is 0 Å². The number of aromatic nitrogens is 1. The third-order valence-electron chi connectivity index (χ3n) is 8.24. The van der Waals surface area contributed by atoms with Crippen molar-refractivity contribution in [3.8, 4) is 0 Å². The van der Waals surface area contributed by atoms with Gasteiger partial charge in [-0.2, -0.15) is 13.2 Å². The number of fused-ring (bicyclic) bond motifs is 3. The van der Waals surface area contributed by atoms with Crippen LogP contribution in [-0.2, 0) is 31.0 Å². The first-order valence-electron chi connectivity index (χ1n) is 12.5. The molecule has 1 amide bonds. The molecule has 0 bridgehead atoms. The fourth-order valence-corrected chi connectivity index (χ4v) is 6.12. The van der Waals surface area contributed by atoms with Crippen LogP contribution in [0.5, 0.6) is 0 Å². The van der Waals surface area contributed by atoms with Crippen LogP contribution in [0.15, 0.2) is 65.6 Å². The van der Waals surface area contributed by atoms with Gasteiger partial charge in [0.15, 0.2) is 0 Å². The van der Waals surface area contributed by atoms with Crippen molar-refractivity contribution in [3.05, 3.63) is 105 Å². The molecule has 0 saturated carbocycles. The van der Waals surface area contributed by atoms with Gasteiger partial charge in [-0.1, -0.05) is 30.3 Å². The lowest BCUT2D eigenvalue weighted by Gasteiger charge is -2.44. The summed E-state index contributed by atoms with van der Waals surface area (Å²) in [5.74, 6) is -0.621. The van der Waals surface area contributed by atoms with Crippen LogP contribution < -0.4 is 5.56 Å². The molecular formula is C29H27F5N2O2. The number of hydrogen-bond donors (Lipinski definition) is 0. The number of pyridine rings is 1. The fourth-order valence-electron chi connectivity index (χ4n) is 6.12. The average Bonchev–Trinajstić information content (AvgIpc) is 3.25. The average molecular weight is 531 g/mol. The minimum atomic E-state index is -5.06. The van der Waals surface area contributed by atoms with E-state index in [1.165, 1.54) is 47.2 Å². The van der Waals surface area contributed by atoms with Crippen molar-refractivity contribution in [2.24, 2.45) is 7.05 Å². The van der Waals surface area contributed by atoms with E-state index in [0.717, 1.165) is 11.1 Å². The van der Waals surface area contributed by atoms with Gasteiger partial charge in [0.1, 0.15) is 5.82 Å². The van der Waals surface area contributed by atoms with Crippen molar-refractivity contribution in [2.75, 3.05) is 6.54 Å². The van der Waals surface area contributed by atoms with E-state index in [9.17, 15) is 31.5 Å². The molecule has 1 aliphatic heterocycles. The molecule has 2 aliphatic rings. The molecule has 9 heteroatoms. The molecule has 5 rings (SSSR count). The van der Waals surface area contributed by atoms with Crippen LogP contribution in [0, 0.1) is 5.82 Å². The molecule has 1 fully saturated rings. The Bertz CT molecular complexity index is 1440. The number of amides is 1. The molecular weight excluding hydrogens is 503 g/mol. The molecule has 2 heterocycles. The first-order chi connectivity index (χ1) is 17.8. The summed E-state index contributed by atoms with van der Waals surface area (Å²) < 4.78 is 70.1. The van der Waals surface area contributed by atoms with E-state index in [0.29, 0.717) is 50.3 Å². The van der Waals surface area contributed by atoms with Crippen molar-refractivity contribution in [1.82, 2.24) is 9.47 Å². The molecule has 3 atom stereocenters. The zero-order valence-electron chi connectivity index (χ0n) is 21.0. The number of hydrogen-bond acceptors (Lipinski definition) is 2. The van der Waals surface area contributed by atoms with Crippen LogP contribution in [0.3, 0.4) is 0 Å². The molecule has 0 spiro atoms. The SMILES string of the molecule is Cn1cc(C(=O)N2CC[C@@]3(Cc4ccc(F)cc4)c4ccc(C(C)(F)C(F)(F)F)cc4CC[C@@H]23)ccc1=O. The summed E-state index contributed by atoms with van der Waals surface area (Å²) in [5, 5.41) is 0. The largest absolute Gasteiger partial charge is 0.426 e. The lowest BCUT2D eigenvalue weighted by atomic mass is 9.63. The van der Waals surface area contributed by atoms with Gasteiger partial charge in [0.2, 0.25) is 11.2 Å². The summed E-state index contributed by atoms with van der Waals surface area (Å²) in [4.78, 5) is 27.2. The fraction of sp³-hybridized carbons (Fsp3) is 0.379. The summed E-state index contributed by atoms with van der Waals surface area (Å²) in [6.45, 7) is 0.926. The van der Waals surface area contributed by atoms with Crippen molar-refractivity contribution in [3.63, 3.8) is 0 Å². The Morgan fingerprint density at radius 3 is 2.42 bits per heavy atom. The maximum Gasteiger partial charge on any atom is 0.426 e. The Morgan fingerprint density at radius 1 is 1.05 bits per heavy atom. The Labute approximate surface area is 216 Å². The Kier molecular flexibility index (Phi) is 6.23. The van der Waals surface area contributed by atoms with E-state index in [4.69, 9.17) is 0 Å². The minimum Gasteiger partial charge on any atom is -0.335 e. The van der Waals surface area contributed by atoms with Gasteiger partial charge in [0.05, 0.1) is 5.56 Å². The van der Waals surface area contributed by atoms with E-state index in [-0.39, 0.29) is 23.3 Å². The van der Waals surface area contributed by atoms with Gasteiger partial charge in [-0.05, 0) is 73.1 Å². The number of alkyl halides is 4. The molecule has 200 valence electrons. The summed E-state index contributed by atoms with van der Waals surface area (Å²) in [7, 11) is 1.57. The number of rotatable bonds is 4. The van der Waals surface area contributed by atoms with E-state index in [1.54, 1.807) is 30.1 Å². The zero-order chi connectivity index (χ0) is 27.5. The van der Waals surface area contributed by atoms with Crippen LogP contribution >= 0.6 is 0 Å². The molecule has 1 saturated heterocycles. The second-order valence-electron chi connectivity index (χ2n) is 10.5. The summed E-state index contributed by atoms with van der Waals surface area (Å²) in [6.07, 6.45) is -1.74. The lowest BCUT2D eigenvalue weighted by molar-refractivity contribution is -0.228. The first-order valence-corrected chi connectivity index (χ1v) is 12.5. The molecule has 1 aromatic heterocycles. The number of nitrogens with zero attached hydrogens (tertiary/aromatic N) is 2. The highest BCUT2D eigenvalue weighted by molar-refractivity contribution is 5.94. The van der Waals surface area contributed by atoms with Crippen molar-refractivity contribution in [2.45, 2.75) is 55.9 Å². The minimum absolute atomic E-state index is 0.236. The third kappa shape index (κ3) is 4.22. The molecule has 0 radical (unpaired) electrons. The van der Waals surface area contributed by atoms with E-state index < -0.39 is 22.8 Å². The lowest BCUT2D eigenvalue weighted by Crippen LogP contribution is -2.49. The Morgan fingerprint density at radius 2 is 1.76 bits per heavy atom. The third-order valence-corrected chi connectivity index (χ3v) is 8.24. The molecule has 1 aliphatic carbocycles. The highest BCUT2D eigenvalue weighted by Crippen LogP contribution is 2.51. The molecule has 3 aromatic rings. The maximum atomic E-state index is 14.8. The van der Waals surface area contributed by atoms with Crippen LogP contribution in [0.2, 0.25) is 0 Å². The maximum absolute atomic E-state index is 14.8. The monoisotopic (exact) mass is 530 g/mol. The van der Waals surface area contributed by atoms with Gasteiger partial charge >= 0.3 is 6.18 Å². The predicted octanol–water partition coefficient (Wildman–Crippen LogP) is 5.61. The van der Waals surface area contributed by atoms with Crippen LogP contribution in [0.4, 0.5) is 22.0 Å². The normalized spacial score (nSPS) is 22.5. The highest BCUT2D eigenvalue weighted by atomic mass is 19.4. The van der Waals surface area contributed by atoms with Gasteiger partial charge in [-0.15, -0.1) is 0 Å². The van der Waals surface area contributed by atoms with Crippen molar-refractivity contribution < 1.29 is 26.7 Å². The highest BCUT2D eigenvalue weighted by Gasteiger charge is 2.55. The Hall–Kier alpha value is -3.49. The second kappa shape index (κ2) is 9.06. The number of halogens is 5. The Balaban J connectivity index is 1.59. The number of aryl methyl sites for hydroxylation is 2. The predicted molar refractivity (Wildman–Crippen MR) is 132 cm³/mol. The number of carbonyl (C=O) groups is 1. The van der Waals surface area contributed by atoms with Crippen LogP contribution in [0.1, 0.15) is 52.4 Å². The summed E-state index contributed by atoms with van der Waals surface area (Å²) >= 11 is 0. The van der Waals surface area contributed by atoms with Gasteiger partial charge in [0, 0.05) is 37.3 Å². The second-order valence-corrected chi connectivity index (χ2v) is 10.5. The first kappa shape index (κ1) is 26.1.